The molecule has 2 aromatic carbocycles. The van der Waals surface area contributed by atoms with Gasteiger partial charge in [-0.3, -0.25) is 9.52 Å². The summed E-state index contributed by atoms with van der Waals surface area (Å²) in [5.41, 5.74) is 1.76. The second-order valence-electron chi connectivity index (χ2n) is 5.94. The summed E-state index contributed by atoms with van der Waals surface area (Å²) in [6, 6.07) is 13.0. The molecule has 0 saturated heterocycles. The molecule has 0 aliphatic rings. The van der Waals surface area contributed by atoms with Crippen LogP contribution in [0.3, 0.4) is 0 Å². The van der Waals surface area contributed by atoms with E-state index in [1.54, 1.807) is 19.2 Å². The number of amides is 1. The molecule has 27 heavy (non-hydrogen) atoms. The largest absolute Gasteiger partial charge is 0.383 e. The van der Waals surface area contributed by atoms with Gasteiger partial charge in [0.25, 0.3) is 15.9 Å². The summed E-state index contributed by atoms with van der Waals surface area (Å²) >= 11 is 0. The smallest absolute Gasteiger partial charge is 0.261 e. The molecular formula is C19H25N3O4S. The van der Waals surface area contributed by atoms with Crippen LogP contribution in [0.4, 0.5) is 5.69 Å². The number of ether oxygens (including phenoxy) is 1. The van der Waals surface area contributed by atoms with E-state index in [9.17, 15) is 13.2 Å². The maximum atomic E-state index is 12.5. The molecule has 146 valence electrons. The number of hydrogen-bond donors (Lipinski definition) is 3. The van der Waals surface area contributed by atoms with Gasteiger partial charge < -0.3 is 15.4 Å². The lowest BCUT2D eigenvalue weighted by Gasteiger charge is -2.11. The van der Waals surface area contributed by atoms with Crippen LogP contribution in [0.2, 0.25) is 0 Å². The minimum atomic E-state index is -3.71. The minimum absolute atomic E-state index is 0.100. The Labute approximate surface area is 160 Å². The van der Waals surface area contributed by atoms with Crippen molar-refractivity contribution in [3.8, 4) is 0 Å². The molecule has 0 aliphatic heterocycles. The number of methoxy groups -OCH3 is 1. The van der Waals surface area contributed by atoms with Gasteiger partial charge in [-0.25, -0.2) is 8.42 Å². The average molecular weight is 391 g/mol. The van der Waals surface area contributed by atoms with Crippen molar-refractivity contribution in [3.63, 3.8) is 0 Å². The van der Waals surface area contributed by atoms with E-state index in [1.165, 1.54) is 24.3 Å². The summed E-state index contributed by atoms with van der Waals surface area (Å²) in [7, 11) is -2.08. The standard InChI is InChI=1S/C19H25N3O4S/c1-15-5-3-4-6-18(15)22-27(24,25)17-9-7-16(8-10-17)19(23)21-12-11-20-13-14-26-2/h3-10,20,22H,11-14H2,1-2H3,(H,21,23). The molecule has 2 aromatic rings. The fraction of sp³-hybridized carbons (Fsp3) is 0.316. The topological polar surface area (TPSA) is 96.5 Å². The Hall–Kier alpha value is -2.42. The van der Waals surface area contributed by atoms with Gasteiger partial charge in [0.2, 0.25) is 0 Å². The van der Waals surface area contributed by atoms with E-state index in [2.05, 4.69) is 15.4 Å². The highest BCUT2D eigenvalue weighted by molar-refractivity contribution is 7.92. The number of anilines is 1. The number of benzene rings is 2. The van der Waals surface area contributed by atoms with Crippen molar-refractivity contribution in [1.82, 2.24) is 10.6 Å². The van der Waals surface area contributed by atoms with E-state index in [4.69, 9.17) is 4.74 Å². The SMILES string of the molecule is COCCNCCNC(=O)c1ccc(S(=O)(=O)Nc2ccccc2C)cc1. The van der Waals surface area contributed by atoms with Crippen LogP contribution in [0.25, 0.3) is 0 Å². The van der Waals surface area contributed by atoms with Crippen molar-refractivity contribution in [3.05, 3.63) is 59.7 Å². The number of hydrogen-bond acceptors (Lipinski definition) is 5. The Morgan fingerprint density at radius 1 is 1.00 bits per heavy atom. The Balaban J connectivity index is 1.93. The Bertz CT molecular complexity index is 852. The third-order valence-electron chi connectivity index (χ3n) is 3.89. The van der Waals surface area contributed by atoms with Gasteiger partial charge in [-0.05, 0) is 42.8 Å². The fourth-order valence-electron chi connectivity index (χ4n) is 2.34. The molecule has 7 nitrogen and oxygen atoms in total. The summed E-state index contributed by atoms with van der Waals surface area (Å²) in [6.45, 7) is 4.25. The highest BCUT2D eigenvalue weighted by Crippen LogP contribution is 2.19. The molecule has 1 amide bonds. The first-order valence-corrected chi connectivity index (χ1v) is 10.1. The van der Waals surface area contributed by atoms with Crippen molar-refractivity contribution in [2.75, 3.05) is 38.1 Å². The molecule has 0 saturated carbocycles. The van der Waals surface area contributed by atoms with E-state index < -0.39 is 10.0 Å². The monoisotopic (exact) mass is 391 g/mol. The number of sulfonamides is 1. The number of para-hydroxylation sites is 1. The zero-order chi connectivity index (χ0) is 19.7. The highest BCUT2D eigenvalue weighted by Gasteiger charge is 2.16. The van der Waals surface area contributed by atoms with E-state index >= 15 is 0 Å². The first kappa shape index (κ1) is 20.9. The maximum Gasteiger partial charge on any atom is 0.261 e. The second-order valence-corrected chi connectivity index (χ2v) is 7.63. The Morgan fingerprint density at radius 3 is 2.37 bits per heavy atom. The molecule has 0 heterocycles. The van der Waals surface area contributed by atoms with Crippen LogP contribution >= 0.6 is 0 Å². The van der Waals surface area contributed by atoms with Gasteiger partial charge in [-0.2, -0.15) is 0 Å². The molecule has 0 atom stereocenters. The van der Waals surface area contributed by atoms with Crippen LogP contribution in [0.5, 0.6) is 0 Å². The zero-order valence-corrected chi connectivity index (χ0v) is 16.3. The fourth-order valence-corrected chi connectivity index (χ4v) is 3.47. The van der Waals surface area contributed by atoms with Crippen molar-refractivity contribution in [1.29, 1.82) is 0 Å². The predicted molar refractivity (Wildman–Crippen MR) is 106 cm³/mol. The highest BCUT2D eigenvalue weighted by atomic mass is 32.2. The summed E-state index contributed by atoms with van der Waals surface area (Å²) in [4.78, 5) is 12.2. The van der Waals surface area contributed by atoms with Crippen LogP contribution in [0.1, 0.15) is 15.9 Å². The molecule has 8 heteroatoms. The predicted octanol–water partition coefficient (Wildman–Crippen LogP) is 1.76. The van der Waals surface area contributed by atoms with Crippen LogP contribution in [-0.2, 0) is 14.8 Å². The van der Waals surface area contributed by atoms with Crippen molar-refractivity contribution < 1.29 is 17.9 Å². The average Bonchev–Trinajstić information content (AvgIpc) is 2.66. The van der Waals surface area contributed by atoms with Gasteiger partial charge in [-0.15, -0.1) is 0 Å². The minimum Gasteiger partial charge on any atom is -0.383 e. The zero-order valence-electron chi connectivity index (χ0n) is 15.5. The summed E-state index contributed by atoms with van der Waals surface area (Å²) in [5.74, 6) is -0.251. The molecule has 0 aliphatic carbocycles. The normalized spacial score (nSPS) is 11.2. The van der Waals surface area contributed by atoms with E-state index in [0.717, 1.165) is 5.56 Å². The van der Waals surface area contributed by atoms with Gasteiger partial charge in [-0.1, -0.05) is 18.2 Å². The van der Waals surface area contributed by atoms with E-state index in [0.29, 0.717) is 37.5 Å². The summed E-state index contributed by atoms with van der Waals surface area (Å²) in [5, 5.41) is 5.90. The first-order valence-electron chi connectivity index (χ1n) is 8.60. The molecule has 0 unspecified atom stereocenters. The summed E-state index contributed by atoms with van der Waals surface area (Å²) < 4.78 is 32.5. The number of rotatable bonds is 10. The van der Waals surface area contributed by atoms with Crippen LogP contribution in [0, 0.1) is 6.92 Å². The van der Waals surface area contributed by atoms with E-state index in [1.807, 2.05) is 19.1 Å². The molecule has 0 aromatic heterocycles. The summed E-state index contributed by atoms with van der Waals surface area (Å²) in [6.07, 6.45) is 0. The van der Waals surface area contributed by atoms with Gasteiger partial charge >= 0.3 is 0 Å². The number of carbonyl (C=O) groups excluding carboxylic acids is 1. The molecule has 0 fully saturated rings. The van der Waals surface area contributed by atoms with Gasteiger partial charge in [0, 0.05) is 32.3 Å². The molecular weight excluding hydrogens is 366 g/mol. The number of aryl methyl sites for hydroxylation is 1. The van der Waals surface area contributed by atoms with Gasteiger partial charge in [0.1, 0.15) is 0 Å². The van der Waals surface area contributed by atoms with Crippen molar-refractivity contribution in [2.24, 2.45) is 0 Å². The lowest BCUT2D eigenvalue weighted by Crippen LogP contribution is -2.33. The van der Waals surface area contributed by atoms with Gasteiger partial charge in [0.05, 0.1) is 17.2 Å². The third kappa shape index (κ3) is 6.35. The van der Waals surface area contributed by atoms with Crippen LogP contribution in [0.15, 0.2) is 53.4 Å². The molecule has 3 N–H and O–H groups in total. The number of carbonyl (C=O) groups is 1. The number of nitrogens with one attached hydrogen (secondary N) is 3. The van der Waals surface area contributed by atoms with Crippen LogP contribution < -0.4 is 15.4 Å². The Morgan fingerprint density at radius 2 is 1.70 bits per heavy atom. The molecule has 0 radical (unpaired) electrons. The first-order chi connectivity index (χ1) is 12.9. The quantitative estimate of drug-likeness (QED) is 0.536. The second kappa shape index (κ2) is 10.1. The Kier molecular flexibility index (Phi) is 7.78. The van der Waals surface area contributed by atoms with E-state index in [-0.39, 0.29) is 10.8 Å². The maximum absolute atomic E-state index is 12.5. The van der Waals surface area contributed by atoms with Crippen molar-refractivity contribution in [2.45, 2.75) is 11.8 Å². The van der Waals surface area contributed by atoms with Crippen molar-refractivity contribution >= 4 is 21.6 Å². The van der Waals surface area contributed by atoms with Crippen LogP contribution in [-0.4, -0.2) is 47.7 Å². The van der Waals surface area contributed by atoms with Gasteiger partial charge in [0.15, 0.2) is 0 Å². The molecule has 0 bridgehead atoms. The lowest BCUT2D eigenvalue weighted by atomic mass is 10.2. The third-order valence-corrected chi connectivity index (χ3v) is 5.27. The lowest BCUT2D eigenvalue weighted by molar-refractivity contribution is 0.0953. The molecule has 0 spiro atoms. The molecule has 2 rings (SSSR count).